The molecule has 0 spiro atoms. The second kappa shape index (κ2) is 8.32. The highest BCUT2D eigenvalue weighted by atomic mass is 79.9. The number of nitrogens with one attached hydrogen (secondary N) is 1. The molecule has 25 heavy (non-hydrogen) atoms. The number of hydrogen-bond donors (Lipinski definition) is 1. The number of halogens is 1. The van der Waals surface area contributed by atoms with Crippen LogP contribution in [0.2, 0.25) is 0 Å². The van der Waals surface area contributed by atoms with Crippen LogP contribution in [0.3, 0.4) is 0 Å². The van der Waals surface area contributed by atoms with Crippen molar-refractivity contribution in [2.75, 3.05) is 20.8 Å². The van der Waals surface area contributed by atoms with Gasteiger partial charge in [-0.3, -0.25) is 0 Å². The Kier molecular flexibility index (Phi) is 6.97. The number of hydrogen-bond acceptors (Lipinski definition) is 8. The Morgan fingerprint density at radius 1 is 1.16 bits per heavy atom. The molecule has 1 N–H and O–H groups in total. The van der Waals surface area contributed by atoms with E-state index >= 15 is 0 Å². The quantitative estimate of drug-likeness (QED) is 0.697. The van der Waals surface area contributed by atoms with E-state index in [4.69, 9.17) is 18.9 Å². The summed E-state index contributed by atoms with van der Waals surface area (Å²) in [5, 5.41) is 2.47. The first-order valence-corrected chi connectivity index (χ1v) is 8.08. The van der Waals surface area contributed by atoms with Crippen molar-refractivity contribution in [3.8, 4) is 11.8 Å². The van der Waals surface area contributed by atoms with Gasteiger partial charge in [-0.15, -0.1) is 0 Å². The minimum absolute atomic E-state index is 0.146. The van der Waals surface area contributed by atoms with E-state index in [9.17, 15) is 9.59 Å². The Morgan fingerprint density at radius 2 is 1.76 bits per heavy atom. The number of amides is 1. The lowest BCUT2D eigenvalue weighted by Gasteiger charge is -2.29. The molecule has 0 aliphatic rings. The zero-order valence-corrected chi connectivity index (χ0v) is 16.6. The minimum atomic E-state index is -1.49. The van der Waals surface area contributed by atoms with Crippen LogP contribution in [0.5, 0.6) is 11.8 Å². The third kappa shape index (κ3) is 6.04. The van der Waals surface area contributed by atoms with Crippen LogP contribution in [-0.4, -0.2) is 54.0 Å². The second-order valence-corrected chi connectivity index (χ2v) is 7.03. The summed E-state index contributed by atoms with van der Waals surface area (Å²) >= 11 is 3.25. The molecule has 0 aliphatic carbocycles. The van der Waals surface area contributed by atoms with Crippen molar-refractivity contribution in [2.24, 2.45) is 0 Å². The molecule has 10 heteroatoms. The van der Waals surface area contributed by atoms with E-state index in [-0.39, 0.29) is 18.4 Å². The Labute approximate surface area is 154 Å². The highest BCUT2D eigenvalue weighted by Crippen LogP contribution is 2.30. The maximum Gasteiger partial charge on any atom is 0.408 e. The number of rotatable bonds is 6. The fourth-order valence-corrected chi connectivity index (χ4v) is 2.18. The van der Waals surface area contributed by atoms with Gasteiger partial charge in [0.1, 0.15) is 23.0 Å². The highest BCUT2D eigenvalue weighted by Gasteiger charge is 2.39. The normalized spacial score (nSPS) is 13.4. The third-order valence-electron chi connectivity index (χ3n) is 2.83. The van der Waals surface area contributed by atoms with Crippen LogP contribution in [0.25, 0.3) is 0 Å². The van der Waals surface area contributed by atoms with Crippen molar-refractivity contribution in [1.82, 2.24) is 15.3 Å². The van der Waals surface area contributed by atoms with Crippen LogP contribution in [0, 0.1) is 0 Å². The average Bonchev–Trinajstić information content (AvgIpc) is 2.51. The zero-order chi connectivity index (χ0) is 19.3. The number of carbonyl (C=O) groups is 2. The molecule has 0 radical (unpaired) electrons. The van der Waals surface area contributed by atoms with Gasteiger partial charge in [0.05, 0.1) is 14.2 Å². The van der Waals surface area contributed by atoms with Crippen LogP contribution in [-0.2, 0) is 14.3 Å². The molecular weight excluding hydrogens is 398 g/mol. The SMILES string of the molecule is COC(=O)[C@](C)(COc1ncnc(OC)c1Br)NC(=O)OC(C)(C)C. The van der Waals surface area contributed by atoms with Crippen LogP contribution >= 0.6 is 15.9 Å². The van der Waals surface area contributed by atoms with E-state index < -0.39 is 23.2 Å². The molecule has 9 nitrogen and oxygen atoms in total. The Balaban J connectivity index is 2.93. The van der Waals surface area contributed by atoms with E-state index in [0.29, 0.717) is 4.47 Å². The summed E-state index contributed by atoms with van der Waals surface area (Å²) in [5.74, 6) is -0.284. The van der Waals surface area contributed by atoms with Crippen LogP contribution in [0.1, 0.15) is 27.7 Å². The fraction of sp³-hybridized carbons (Fsp3) is 0.600. The van der Waals surface area contributed by atoms with Gasteiger partial charge >= 0.3 is 12.1 Å². The summed E-state index contributed by atoms with van der Waals surface area (Å²) in [6, 6.07) is 0. The lowest BCUT2D eigenvalue weighted by atomic mass is 10.0. The van der Waals surface area contributed by atoms with E-state index in [1.807, 2.05) is 0 Å². The van der Waals surface area contributed by atoms with Crippen LogP contribution < -0.4 is 14.8 Å². The molecule has 1 amide bonds. The van der Waals surface area contributed by atoms with Crippen molar-refractivity contribution in [2.45, 2.75) is 38.8 Å². The number of esters is 1. The zero-order valence-electron chi connectivity index (χ0n) is 15.0. The van der Waals surface area contributed by atoms with Gasteiger partial charge in [0.25, 0.3) is 0 Å². The average molecular weight is 420 g/mol. The largest absolute Gasteiger partial charge is 0.480 e. The third-order valence-corrected chi connectivity index (χ3v) is 3.51. The summed E-state index contributed by atoms with van der Waals surface area (Å²) in [6.07, 6.45) is 0.471. The van der Waals surface area contributed by atoms with E-state index in [1.165, 1.54) is 27.5 Å². The van der Waals surface area contributed by atoms with Crippen molar-refractivity contribution < 1.29 is 28.5 Å². The van der Waals surface area contributed by atoms with Gasteiger partial charge in [-0.25, -0.2) is 19.6 Å². The molecule has 1 aromatic rings. The highest BCUT2D eigenvalue weighted by molar-refractivity contribution is 9.10. The van der Waals surface area contributed by atoms with Crippen molar-refractivity contribution in [3.05, 3.63) is 10.8 Å². The maximum atomic E-state index is 12.1. The van der Waals surface area contributed by atoms with Crippen molar-refractivity contribution >= 4 is 28.0 Å². The molecule has 1 rings (SSSR count). The summed E-state index contributed by atoms with van der Waals surface area (Å²) in [6.45, 7) is 6.33. The molecule has 0 aromatic carbocycles. The van der Waals surface area contributed by atoms with Gasteiger partial charge in [-0.2, -0.15) is 0 Å². The molecule has 0 bridgehead atoms. The lowest BCUT2D eigenvalue weighted by molar-refractivity contribution is -0.149. The molecule has 0 saturated carbocycles. The molecule has 1 heterocycles. The first kappa shape index (κ1) is 20.9. The van der Waals surface area contributed by atoms with Crippen molar-refractivity contribution in [1.29, 1.82) is 0 Å². The molecule has 0 aliphatic heterocycles. The molecule has 0 saturated heterocycles. The smallest absolute Gasteiger partial charge is 0.408 e. The Morgan fingerprint density at radius 3 is 2.28 bits per heavy atom. The van der Waals surface area contributed by atoms with Gasteiger partial charge < -0.3 is 24.3 Å². The van der Waals surface area contributed by atoms with Gasteiger partial charge in [-0.05, 0) is 43.6 Å². The maximum absolute atomic E-state index is 12.1. The van der Waals surface area contributed by atoms with E-state index in [0.717, 1.165) is 0 Å². The molecule has 1 atom stereocenters. The molecule has 140 valence electrons. The van der Waals surface area contributed by atoms with Gasteiger partial charge in [0, 0.05) is 0 Å². The molecule has 0 unspecified atom stereocenters. The van der Waals surface area contributed by atoms with Crippen LogP contribution in [0.15, 0.2) is 10.8 Å². The number of ether oxygens (including phenoxy) is 4. The monoisotopic (exact) mass is 419 g/mol. The first-order chi connectivity index (χ1) is 11.5. The van der Waals surface area contributed by atoms with Gasteiger partial charge in [0.2, 0.25) is 11.8 Å². The predicted octanol–water partition coefficient (Wildman–Crippen LogP) is 2.08. The molecular formula is C15H22BrN3O6. The topological polar surface area (TPSA) is 109 Å². The summed E-state index contributed by atoms with van der Waals surface area (Å²) < 4.78 is 20.9. The number of nitrogens with zero attached hydrogens (tertiary/aromatic N) is 2. The Hall–Kier alpha value is -2.10. The number of methoxy groups -OCH3 is 2. The van der Waals surface area contributed by atoms with E-state index in [1.54, 1.807) is 20.8 Å². The molecule has 0 fully saturated rings. The fourth-order valence-electron chi connectivity index (χ4n) is 1.69. The summed E-state index contributed by atoms with van der Waals surface area (Å²) in [5.41, 5.74) is -2.21. The van der Waals surface area contributed by atoms with Crippen molar-refractivity contribution in [3.63, 3.8) is 0 Å². The predicted molar refractivity (Wildman–Crippen MR) is 91.6 cm³/mol. The lowest BCUT2D eigenvalue weighted by Crippen LogP contribution is -2.57. The number of aromatic nitrogens is 2. The second-order valence-electron chi connectivity index (χ2n) is 6.24. The van der Waals surface area contributed by atoms with Crippen LogP contribution in [0.4, 0.5) is 4.79 Å². The van der Waals surface area contributed by atoms with E-state index in [2.05, 4.69) is 31.2 Å². The minimum Gasteiger partial charge on any atom is -0.480 e. The van der Waals surface area contributed by atoms with Gasteiger partial charge in [-0.1, -0.05) is 0 Å². The number of alkyl carbamates (subject to hydrolysis) is 1. The molecule has 1 aromatic heterocycles. The summed E-state index contributed by atoms with van der Waals surface area (Å²) in [4.78, 5) is 32.0. The summed E-state index contributed by atoms with van der Waals surface area (Å²) in [7, 11) is 2.65. The first-order valence-electron chi connectivity index (χ1n) is 7.29. The Bertz CT molecular complexity index is 634. The standard InChI is InChI=1S/C15H22BrN3O6/c1-14(2,3)25-13(21)19-15(4,12(20)23-6)7-24-11-9(16)10(22-5)17-8-18-11/h8H,7H2,1-6H3,(H,19,21)/t15-/m0/s1. The van der Waals surface area contributed by atoms with Gasteiger partial charge in [0.15, 0.2) is 5.54 Å². The number of carbonyl (C=O) groups excluding carboxylic acids is 2.